The highest BCUT2D eigenvalue weighted by molar-refractivity contribution is 5.87. The third kappa shape index (κ3) is 3.35. The Morgan fingerprint density at radius 2 is 2.30 bits per heavy atom. The molecule has 0 saturated carbocycles. The van der Waals surface area contributed by atoms with Gasteiger partial charge in [0.05, 0.1) is 11.7 Å². The van der Waals surface area contributed by atoms with Gasteiger partial charge in [-0.1, -0.05) is 13.0 Å². The molecule has 0 amide bonds. The normalized spacial score (nSPS) is 23.8. The highest BCUT2D eigenvalue weighted by atomic mass is 19.1. The molecule has 110 valence electrons. The lowest BCUT2D eigenvalue weighted by atomic mass is 9.95. The fraction of sp³-hybridized carbons (Fsp3) is 0.533. The zero-order chi connectivity index (χ0) is 14.7. The second kappa shape index (κ2) is 6.33. The maximum absolute atomic E-state index is 13.9. The Kier molecular flexibility index (Phi) is 4.73. The third-order valence-corrected chi connectivity index (χ3v) is 3.97. The molecule has 4 nitrogen and oxygen atoms in total. The lowest BCUT2D eigenvalue weighted by molar-refractivity contribution is -0.00772. The summed E-state index contributed by atoms with van der Waals surface area (Å²) in [5.74, 6) is -1.06. The number of methoxy groups -OCH3 is 1. The molecular formula is C15H20FNO3. The van der Waals surface area contributed by atoms with E-state index in [0.29, 0.717) is 18.0 Å². The van der Waals surface area contributed by atoms with E-state index in [1.807, 2.05) is 0 Å². The second-order valence-corrected chi connectivity index (χ2v) is 5.39. The van der Waals surface area contributed by atoms with Crippen LogP contribution in [0.4, 0.5) is 4.39 Å². The van der Waals surface area contributed by atoms with Crippen LogP contribution in [0, 0.1) is 11.7 Å². The van der Waals surface area contributed by atoms with E-state index in [4.69, 9.17) is 9.84 Å². The van der Waals surface area contributed by atoms with Crippen molar-refractivity contribution in [3.8, 4) is 0 Å². The Labute approximate surface area is 118 Å². The van der Waals surface area contributed by atoms with Crippen LogP contribution >= 0.6 is 0 Å². The van der Waals surface area contributed by atoms with Crippen molar-refractivity contribution in [1.82, 2.24) is 4.90 Å². The van der Waals surface area contributed by atoms with E-state index in [2.05, 4.69) is 11.8 Å². The first-order valence-electron chi connectivity index (χ1n) is 6.78. The van der Waals surface area contributed by atoms with Crippen LogP contribution < -0.4 is 0 Å². The lowest BCUT2D eigenvalue weighted by Gasteiger charge is -2.36. The molecule has 0 bridgehead atoms. The zero-order valence-corrected chi connectivity index (χ0v) is 11.8. The average Bonchev–Trinajstić information content (AvgIpc) is 2.42. The van der Waals surface area contributed by atoms with Crippen LogP contribution in [0.1, 0.15) is 29.3 Å². The summed E-state index contributed by atoms with van der Waals surface area (Å²) in [6, 6.07) is 4.08. The number of nitrogens with zero attached hydrogens (tertiary/aromatic N) is 1. The molecule has 1 saturated heterocycles. The highest BCUT2D eigenvalue weighted by Gasteiger charge is 2.26. The summed E-state index contributed by atoms with van der Waals surface area (Å²) in [6.07, 6.45) is 1.19. The van der Waals surface area contributed by atoms with E-state index in [9.17, 15) is 9.18 Å². The minimum atomic E-state index is -1.11. The predicted molar refractivity (Wildman–Crippen MR) is 73.2 cm³/mol. The molecule has 0 aromatic heterocycles. The van der Waals surface area contributed by atoms with Crippen LogP contribution in [-0.4, -0.2) is 42.3 Å². The molecule has 0 spiro atoms. The number of ether oxygens (including phenoxy) is 1. The topological polar surface area (TPSA) is 49.8 Å². The summed E-state index contributed by atoms with van der Waals surface area (Å²) < 4.78 is 19.3. The molecule has 1 aromatic carbocycles. The lowest BCUT2D eigenvalue weighted by Crippen LogP contribution is -2.43. The summed E-state index contributed by atoms with van der Waals surface area (Å²) in [5.41, 5.74) is 0.507. The number of carbonyl (C=O) groups is 1. The predicted octanol–water partition coefficient (Wildman–Crippen LogP) is 2.38. The first-order chi connectivity index (χ1) is 9.51. The summed E-state index contributed by atoms with van der Waals surface area (Å²) in [6.45, 7) is 4.32. The largest absolute Gasteiger partial charge is 0.478 e. The van der Waals surface area contributed by atoms with Crippen LogP contribution in [0.3, 0.4) is 0 Å². The monoisotopic (exact) mass is 281 g/mol. The fourth-order valence-corrected chi connectivity index (χ4v) is 2.60. The standard InChI is InChI=1S/C15H20FNO3/c1-10-5-6-17(9-14(10)20-2)8-12-4-3-11(15(18)19)7-13(12)16/h3-4,7,10,14H,5-6,8-9H2,1-2H3,(H,18,19). The van der Waals surface area contributed by atoms with Crippen LogP contribution in [-0.2, 0) is 11.3 Å². The number of rotatable bonds is 4. The van der Waals surface area contributed by atoms with Gasteiger partial charge in [-0.05, 0) is 31.0 Å². The molecule has 1 aliphatic heterocycles. The molecule has 5 heteroatoms. The van der Waals surface area contributed by atoms with Gasteiger partial charge in [0.25, 0.3) is 0 Å². The number of hydrogen-bond acceptors (Lipinski definition) is 3. The van der Waals surface area contributed by atoms with Gasteiger partial charge in [-0.3, -0.25) is 4.90 Å². The molecule has 2 atom stereocenters. The molecule has 20 heavy (non-hydrogen) atoms. The van der Waals surface area contributed by atoms with E-state index in [1.54, 1.807) is 13.2 Å². The highest BCUT2D eigenvalue weighted by Crippen LogP contribution is 2.22. The summed E-state index contributed by atoms with van der Waals surface area (Å²) in [5, 5.41) is 8.82. The first kappa shape index (κ1) is 14.9. The van der Waals surface area contributed by atoms with Crippen molar-refractivity contribution >= 4 is 5.97 Å². The van der Waals surface area contributed by atoms with E-state index in [1.165, 1.54) is 6.07 Å². The van der Waals surface area contributed by atoms with E-state index < -0.39 is 11.8 Å². The Morgan fingerprint density at radius 1 is 1.55 bits per heavy atom. The van der Waals surface area contributed by atoms with E-state index in [0.717, 1.165) is 25.6 Å². The Hall–Kier alpha value is -1.46. The van der Waals surface area contributed by atoms with Gasteiger partial charge in [0.2, 0.25) is 0 Å². The summed E-state index contributed by atoms with van der Waals surface area (Å²) >= 11 is 0. The van der Waals surface area contributed by atoms with E-state index in [-0.39, 0.29) is 11.7 Å². The SMILES string of the molecule is COC1CN(Cc2ccc(C(=O)O)cc2F)CCC1C. The average molecular weight is 281 g/mol. The molecule has 1 N–H and O–H groups in total. The van der Waals surface area contributed by atoms with Crippen molar-refractivity contribution in [1.29, 1.82) is 0 Å². The number of carboxylic acids is 1. The quantitative estimate of drug-likeness (QED) is 0.920. The van der Waals surface area contributed by atoms with Crippen molar-refractivity contribution in [3.05, 3.63) is 35.1 Å². The molecule has 1 aromatic rings. The molecule has 2 unspecified atom stereocenters. The van der Waals surface area contributed by atoms with Crippen LogP contribution in [0.15, 0.2) is 18.2 Å². The molecule has 0 aliphatic carbocycles. The van der Waals surface area contributed by atoms with Crippen molar-refractivity contribution in [3.63, 3.8) is 0 Å². The minimum Gasteiger partial charge on any atom is -0.478 e. The van der Waals surface area contributed by atoms with Gasteiger partial charge in [-0.25, -0.2) is 9.18 Å². The van der Waals surface area contributed by atoms with Crippen LogP contribution in [0.2, 0.25) is 0 Å². The molecule has 0 radical (unpaired) electrons. The summed E-state index contributed by atoms with van der Waals surface area (Å²) in [7, 11) is 1.70. The van der Waals surface area contributed by atoms with Crippen molar-refractivity contribution < 1.29 is 19.0 Å². The van der Waals surface area contributed by atoms with Gasteiger partial charge in [0, 0.05) is 25.8 Å². The Balaban J connectivity index is 2.05. The van der Waals surface area contributed by atoms with Crippen molar-refractivity contribution in [2.24, 2.45) is 5.92 Å². The number of piperidine rings is 1. The fourth-order valence-electron chi connectivity index (χ4n) is 2.60. The minimum absolute atomic E-state index is 0.0201. The Bertz CT molecular complexity index is 492. The zero-order valence-electron chi connectivity index (χ0n) is 11.8. The van der Waals surface area contributed by atoms with Gasteiger partial charge >= 0.3 is 5.97 Å². The number of benzene rings is 1. The van der Waals surface area contributed by atoms with Gasteiger partial charge < -0.3 is 9.84 Å². The maximum Gasteiger partial charge on any atom is 0.335 e. The van der Waals surface area contributed by atoms with Gasteiger partial charge in [0.15, 0.2) is 0 Å². The van der Waals surface area contributed by atoms with Crippen molar-refractivity contribution in [2.45, 2.75) is 26.0 Å². The molecule has 2 rings (SSSR count). The second-order valence-electron chi connectivity index (χ2n) is 5.39. The molecule has 1 fully saturated rings. The number of hydrogen-bond donors (Lipinski definition) is 1. The summed E-state index contributed by atoms with van der Waals surface area (Å²) in [4.78, 5) is 12.9. The smallest absolute Gasteiger partial charge is 0.335 e. The molecule has 1 heterocycles. The van der Waals surface area contributed by atoms with Gasteiger partial charge in [0.1, 0.15) is 5.82 Å². The number of carboxylic acid groups (broad SMARTS) is 1. The van der Waals surface area contributed by atoms with Crippen LogP contribution in [0.5, 0.6) is 0 Å². The van der Waals surface area contributed by atoms with Gasteiger partial charge in [-0.2, -0.15) is 0 Å². The molecule has 1 aliphatic rings. The van der Waals surface area contributed by atoms with Crippen LogP contribution in [0.25, 0.3) is 0 Å². The number of halogens is 1. The number of aromatic carboxylic acids is 1. The Morgan fingerprint density at radius 3 is 2.90 bits per heavy atom. The maximum atomic E-state index is 13.9. The van der Waals surface area contributed by atoms with Crippen molar-refractivity contribution in [2.75, 3.05) is 20.2 Å². The van der Waals surface area contributed by atoms with Gasteiger partial charge in [-0.15, -0.1) is 0 Å². The number of likely N-dealkylation sites (tertiary alicyclic amines) is 1. The third-order valence-electron chi connectivity index (χ3n) is 3.97. The van der Waals surface area contributed by atoms with E-state index >= 15 is 0 Å². The first-order valence-corrected chi connectivity index (χ1v) is 6.78. The molecular weight excluding hydrogens is 261 g/mol.